The number of carbonyl (C=O) groups is 7. The molecule has 2 unspecified atom stereocenters. The summed E-state index contributed by atoms with van der Waals surface area (Å²) in [5.41, 5.74) is 11.0. The van der Waals surface area contributed by atoms with Gasteiger partial charge in [0.2, 0.25) is 0 Å². The van der Waals surface area contributed by atoms with Crippen LogP contribution in [-0.2, 0) is 18.9 Å². The molecule has 0 spiro atoms. The van der Waals surface area contributed by atoms with Gasteiger partial charge in [-0.15, -0.1) is 0 Å². The van der Waals surface area contributed by atoms with Crippen LogP contribution < -0.4 is 16.2 Å². The zero-order valence-corrected chi connectivity index (χ0v) is 46.3. The van der Waals surface area contributed by atoms with Gasteiger partial charge in [-0.05, 0) is 78.7 Å². The van der Waals surface area contributed by atoms with E-state index in [0.717, 1.165) is 10.0 Å². The van der Waals surface area contributed by atoms with Crippen LogP contribution in [0.2, 0.25) is 20.1 Å². The van der Waals surface area contributed by atoms with Gasteiger partial charge in [0.15, 0.2) is 34.8 Å². The molecule has 0 heterocycles. The molecule has 1 aliphatic rings. The van der Waals surface area contributed by atoms with E-state index in [1.54, 1.807) is 98.1 Å². The van der Waals surface area contributed by atoms with Gasteiger partial charge in [-0.3, -0.25) is 28.5 Å². The van der Waals surface area contributed by atoms with E-state index in [1.165, 1.54) is 12.1 Å². The van der Waals surface area contributed by atoms with Gasteiger partial charge < -0.3 is 51.5 Å². The minimum absolute atomic E-state index is 0.00793. The molecule has 0 aromatic heterocycles. The summed E-state index contributed by atoms with van der Waals surface area (Å²) in [4.78, 5) is 91.7. The molecule has 0 amide bonds. The maximum Gasteiger partial charge on any atom is 0.338 e. The van der Waals surface area contributed by atoms with Crippen LogP contribution in [0.5, 0.6) is 5.75 Å². The Bertz CT molecular complexity index is 2990. The molecule has 79 heavy (non-hydrogen) atoms. The third-order valence-electron chi connectivity index (χ3n) is 9.61. The number of ether oxygens (including phenoxy) is 1. The Morgan fingerprint density at radius 1 is 0.671 bits per heavy atom. The number of aliphatic carboxylic acids is 3. The van der Waals surface area contributed by atoms with E-state index >= 15 is 0 Å². The highest BCUT2D eigenvalue weighted by Crippen LogP contribution is 2.39. The van der Waals surface area contributed by atoms with Crippen LogP contribution in [0.4, 0.5) is 17.6 Å². The first-order valence-electron chi connectivity index (χ1n) is 21.9. The predicted molar refractivity (Wildman–Crippen MR) is 289 cm³/mol. The number of carboxylic acid groups (broad SMARTS) is 5. The van der Waals surface area contributed by atoms with E-state index in [4.69, 9.17) is 97.9 Å². The van der Waals surface area contributed by atoms with Crippen molar-refractivity contribution < 1.29 is 95.7 Å². The van der Waals surface area contributed by atoms with Crippen LogP contribution in [0.25, 0.3) is 0 Å². The molecule has 426 valence electrons. The monoisotopic (exact) mass is 1270 g/mol. The summed E-state index contributed by atoms with van der Waals surface area (Å²) in [5, 5.41) is 43.1. The zero-order valence-electron chi connectivity index (χ0n) is 40.8. The van der Waals surface area contributed by atoms with Crippen molar-refractivity contribution in [2.24, 2.45) is 11.5 Å². The fourth-order valence-corrected chi connectivity index (χ4v) is 7.88. The number of methoxy groups -OCH3 is 1. The van der Waals surface area contributed by atoms with E-state index in [9.17, 15) is 55.7 Å². The van der Waals surface area contributed by atoms with Crippen LogP contribution in [0.1, 0.15) is 91.6 Å². The highest BCUT2D eigenvalue weighted by molar-refractivity contribution is 9.10. The van der Waals surface area contributed by atoms with Crippen molar-refractivity contribution in [3.8, 4) is 5.75 Å². The van der Waals surface area contributed by atoms with Gasteiger partial charge in [0.05, 0.1) is 48.1 Å². The summed E-state index contributed by atoms with van der Waals surface area (Å²) in [6, 6.07) is 22.6. The third kappa shape index (κ3) is 27.8. The Morgan fingerprint density at radius 3 is 1.63 bits per heavy atom. The molecule has 5 aromatic carbocycles. The molecule has 2 atom stereocenters. The van der Waals surface area contributed by atoms with E-state index in [0.29, 0.717) is 28.3 Å². The Kier molecular flexibility index (Phi) is 30.8. The smallest absolute Gasteiger partial charge is 0.338 e. The average molecular weight is 1270 g/mol. The van der Waals surface area contributed by atoms with Gasteiger partial charge in [0.1, 0.15) is 11.3 Å². The molecule has 28 heteroatoms. The Labute approximate surface area is 476 Å². The molecule has 11 N–H and O–H groups in total. The van der Waals surface area contributed by atoms with Gasteiger partial charge >= 0.3 is 37.4 Å². The molecule has 18 nitrogen and oxygen atoms in total. The number of hydrogen-bond acceptors (Lipinski definition) is 11. The lowest BCUT2D eigenvalue weighted by Crippen LogP contribution is -2.41. The van der Waals surface area contributed by atoms with Crippen LogP contribution in [0, 0.1) is 23.3 Å². The maximum absolute atomic E-state index is 12.5. The number of benzene rings is 5. The van der Waals surface area contributed by atoms with Crippen LogP contribution >= 0.6 is 69.9 Å². The van der Waals surface area contributed by atoms with Crippen LogP contribution in [0.3, 0.4) is 0 Å². The lowest BCUT2D eigenvalue weighted by atomic mass is 9.95. The Hall–Kier alpha value is -6.50. The fourth-order valence-electron chi connectivity index (χ4n) is 5.80. The number of aromatic carboxylic acids is 2. The quantitative estimate of drug-likeness (QED) is 0.0146. The molecule has 0 radical (unpaired) electrons. The molecule has 0 saturated carbocycles. The molecule has 0 fully saturated rings. The van der Waals surface area contributed by atoms with E-state index in [2.05, 4.69) is 15.9 Å². The summed E-state index contributed by atoms with van der Waals surface area (Å²) >= 11 is 25.6. The molecular weight excluding hydrogens is 1230 g/mol. The van der Waals surface area contributed by atoms with Gasteiger partial charge in [0, 0.05) is 50.1 Å². The number of hydrogen-bond donors (Lipinski definition) is 9. The summed E-state index contributed by atoms with van der Waals surface area (Å²) in [7, 11) is -2.45. The topological polar surface area (TPSA) is 339 Å². The van der Waals surface area contributed by atoms with Gasteiger partial charge in [-0.2, -0.15) is 0 Å². The second-order valence-electron chi connectivity index (χ2n) is 15.9. The second-order valence-corrected chi connectivity index (χ2v) is 20.1. The summed E-state index contributed by atoms with van der Waals surface area (Å²) in [6.45, 7) is 0. The van der Waals surface area contributed by atoms with E-state index in [1.807, 2.05) is 6.08 Å². The molecular formula is C51H48BrCl4F4N2O16P. The van der Waals surface area contributed by atoms with Crippen molar-refractivity contribution in [1.82, 2.24) is 0 Å². The van der Waals surface area contributed by atoms with Crippen LogP contribution in [0.15, 0.2) is 120 Å². The SMILES string of the molecule is COc1cccc(C(N)CC(=O)O)c1.NC1(CP(=O)(O)O)C=CC=CC1.O=C(O)CCC(=O)c1ccc(Br)cc1.O=C(O)CCC(=O)c1ccc(Cl)cc1.O=C(O)c1cc(Cl)cc(Cl)c1Cl.O=C(O)c1cc(F)c(F)c(F)c1F. The highest BCUT2D eigenvalue weighted by atomic mass is 79.9. The number of carboxylic acids is 5. The minimum Gasteiger partial charge on any atom is -0.497 e. The van der Waals surface area contributed by atoms with Gasteiger partial charge in [-0.1, -0.05) is 111 Å². The van der Waals surface area contributed by atoms with E-state index < -0.39 is 77.9 Å². The number of carbonyl (C=O) groups excluding carboxylic acids is 2. The summed E-state index contributed by atoms with van der Waals surface area (Å²) < 4.78 is 66.0. The molecule has 1 aliphatic carbocycles. The van der Waals surface area contributed by atoms with Gasteiger partial charge in [-0.25, -0.2) is 27.2 Å². The largest absolute Gasteiger partial charge is 0.497 e. The summed E-state index contributed by atoms with van der Waals surface area (Å²) in [5.74, 6) is -13.3. The number of rotatable bonds is 16. The minimum atomic E-state index is -4.01. The van der Waals surface area contributed by atoms with E-state index in [-0.39, 0.29) is 76.5 Å². The predicted octanol–water partition coefficient (Wildman–Crippen LogP) is 11.7. The average Bonchev–Trinajstić information content (AvgIpc) is 3.37. The lowest BCUT2D eigenvalue weighted by molar-refractivity contribution is -0.138. The van der Waals surface area contributed by atoms with Crippen LogP contribution in [-0.4, -0.2) is 95.5 Å². The molecule has 0 aliphatic heterocycles. The molecule has 6 rings (SSSR count). The number of halogens is 9. The molecule has 0 bridgehead atoms. The first-order chi connectivity index (χ1) is 36.7. The number of ketones is 2. The number of Topliss-reactive ketones (excluding diaryl/α,β-unsaturated/α-hetero) is 2. The normalized spacial score (nSPS) is 13.2. The maximum atomic E-state index is 12.5. The van der Waals surface area contributed by atoms with Crippen molar-refractivity contribution >= 4 is 111 Å². The van der Waals surface area contributed by atoms with Gasteiger partial charge in [0.25, 0.3) is 0 Å². The van der Waals surface area contributed by atoms with Crippen molar-refractivity contribution in [3.05, 3.63) is 191 Å². The first-order valence-corrected chi connectivity index (χ1v) is 26.0. The number of allylic oxidation sites excluding steroid dienone is 2. The van der Waals surface area contributed by atoms with Crippen molar-refractivity contribution in [2.45, 2.75) is 50.1 Å². The Balaban J connectivity index is 0.000000475. The summed E-state index contributed by atoms with van der Waals surface area (Å²) in [6.07, 6.45) is 6.89. The lowest BCUT2D eigenvalue weighted by Gasteiger charge is -2.26. The van der Waals surface area contributed by atoms with Crippen molar-refractivity contribution in [1.29, 1.82) is 0 Å². The third-order valence-corrected chi connectivity index (χ3v) is 12.4. The standard InChI is InChI=1S/C10H9BrO3.C10H9ClO3.C10H13NO3.C7H3Cl3O2.C7H2F4O2.C7H12NO3P/c2*11-8-3-1-7(2-4-8)9(12)5-6-10(13)14;1-14-8-4-2-3-7(5-8)9(11)6-10(12)13;8-3-1-4(7(11)12)6(10)5(9)2-3;8-3-1-2(7(12)13)4(9)6(11)5(3)10;8-7(6-12(9,10)11)4-2-1-3-5-7/h2*1-4H,5-6H2,(H,13,14);2-5,9H,6,11H2,1H3,(H,12,13);1-2H,(H,11,12);1H,(H,12,13);1-4H,5-6,8H2,(H2,9,10,11). The number of nitrogens with two attached hydrogens (primary N) is 2. The Morgan fingerprint density at radius 2 is 1.19 bits per heavy atom. The fraction of sp³-hybridized carbons (Fsp3) is 0.196. The van der Waals surface area contributed by atoms with Crippen molar-refractivity contribution in [2.75, 3.05) is 13.3 Å². The zero-order chi connectivity index (χ0) is 60.4. The second kappa shape index (κ2) is 34.5. The molecule has 0 saturated heterocycles. The highest BCUT2D eigenvalue weighted by Gasteiger charge is 2.30. The first kappa shape index (κ1) is 70.5. The van der Waals surface area contributed by atoms with Crippen molar-refractivity contribution in [3.63, 3.8) is 0 Å². The molecule has 5 aromatic rings.